The summed E-state index contributed by atoms with van der Waals surface area (Å²) >= 11 is 0. The summed E-state index contributed by atoms with van der Waals surface area (Å²) in [5.74, 6) is -3.06. The van der Waals surface area contributed by atoms with Crippen LogP contribution in [0.25, 0.3) is 0 Å². The average Bonchev–Trinajstić information content (AvgIpc) is 2.08. The monoisotopic (exact) mass is 208 g/mol. The third kappa shape index (κ3) is 1.58. The summed E-state index contributed by atoms with van der Waals surface area (Å²) in [4.78, 5) is 11.8. The van der Waals surface area contributed by atoms with Gasteiger partial charge in [0.15, 0.2) is 5.75 Å². The standard InChI is InChI=1S/C6H3F3N2O3/c7-5(8)3-2(11(13)14)1-10-6(9)4(3)12/h1,5,12H. The molecule has 0 fully saturated rings. The zero-order valence-electron chi connectivity index (χ0n) is 6.45. The first-order valence-corrected chi connectivity index (χ1v) is 3.25. The van der Waals surface area contributed by atoms with Gasteiger partial charge >= 0.3 is 0 Å². The van der Waals surface area contributed by atoms with Crippen LogP contribution in [-0.4, -0.2) is 15.0 Å². The van der Waals surface area contributed by atoms with Crippen molar-refractivity contribution in [1.82, 2.24) is 4.98 Å². The van der Waals surface area contributed by atoms with Crippen molar-refractivity contribution in [2.24, 2.45) is 0 Å². The number of pyridine rings is 1. The maximum atomic E-state index is 12.5. The van der Waals surface area contributed by atoms with E-state index in [0.717, 1.165) is 0 Å². The molecule has 0 bridgehead atoms. The third-order valence-electron chi connectivity index (χ3n) is 1.44. The van der Waals surface area contributed by atoms with Crippen LogP contribution in [0, 0.1) is 16.1 Å². The first kappa shape index (κ1) is 10.2. The molecular formula is C6H3F3N2O3. The zero-order chi connectivity index (χ0) is 10.9. The van der Waals surface area contributed by atoms with Gasteiger partial charge in [-0.1, -0.05) is 0 Å². The van der Waals surface area contributed by atoms with Crippen LogP contribution in [0.15, 0.2) is 6.20 Å². The Morgan fingerprint density at radius 3 is 2.57 bits per heavy atom. The molecule has 0 unspecified atom stereocenters. The number of hydrogen-bond acceptors (Lipinski definition) is 4. The molecule has 0 saturated heterocycles. The third-order valence-corrected chi connectivity index (χ3v) is 1.44. The number of hydrogen-bond donors (Lipinski definition) is 1. The molecule has 1 aromatic heterocycles. The van der Waals surface area contributed by atoms with Crippen LogP contribution < -0.4 is 0 Å². The van der Waals surface area contributed by atoms with Crippen molar-refractivity contribution in [3.8, 4) is 5.75 Å². The van der Waals surface area contributed by atoms with Gasteiger partial charge in [-0.2, -0.15) is 4.39 Å². The lowest BCUT2D eigenvalue weighted by molar-refractivity contribution is -0.386. The number of aromatic hydroxyl groups is 1. The minimum absolute atomic E-state index is 0.330. The summed E-state index contributed by atoms with van der Waals surface area (Å²) in [6.07, 6.45) is -3.01. The lowest BCUT2D eigenvalue weighted by atomic mass is 10.2. The van der Waals surface area contributed by atoms with E-state index in [1.165, 1.54) is 0 Å². The molecule has 1 N–H and O–H groups in total. The van der Waals surface area contributed by atoms with Crippen LogP contribution in [-0.2, 0) is 0 Å². The number of nitro groups is 1. The van der Waals surface area contributed by atoms with Gasteiger partial charge in [-0.15, -0.1) is 0 Å². The van der Waals surface area contributed by atoms with Gasteiger partial charge in [0, 0.05) is 0 Å². The van der Waals surface area contributed by atoms with Gasteiger partial charge in [0.05, 0.1) is 4.92 Å². The highest BCUT2D eigenvalue weighted by atomic mass is 19.3. The highest BCUT2D eigenvalue weighted by Gasteiger charge is 2.28. The fraction of sp³-hybridized carbons (Fsp3) is 0.167. The molecule has 1 heterocycles. The normalized spacial score (nSPS) is 10.6. The van der Waals surface area contributed by atoms with E-state index in [-0.39, 0.29) is 0 Å². The van der Waals surface area contributed by atoms with E-state index >= 15 is 0 Å². The molecule has 76 valence electrons. The fourth-order valence-electron chi connectivity index (χ4n) is 0.842. The minimum Gasteiger partial charge on any atom is -0.503 e. The van der Waals surface area contributed by atoms with Gasteiger partial charge in [-0.3, -0.25) is 10.1 Å². The highest BCUT2D eigenvalue weighted by Crippen LogP contribution is 2.36. The molecule has 8 heteroatoms. The predicted molar refractivity (Wildman–Crippen MR) is 37.5 cm³/mol. The van der Waals surface area contributed by atoms with E-state index < -0.39 is 34.3 Å². The predicted octanol–water partition coefficient (Wildman–Crippen LogP) is 1.77. The van der Waals surface area contributed by atoms with Crippen molar-refractivity contribution in [1.29, 1.82) is 0 Å². The summed E-state index contributed by atoms with van der Waals surface area (Å²) in [5, 5.41) is 19.0. The molecule has 0 atom stereocenters. The molecule has 0 aliphatic carbocycles. The quantitative estimate of drug-likeness (QED) is 0.456. The molecule has 1 aromatic rings. The Kier molecular flexibility index (Phi) is 2.54. The smallest absolute Gasteiger partial charge is 0.300 e. The van der Waals surface area contributed by atoms with Crippen LogP contribution in [0.2, 0.25) is 0 Å². The van der Waals surface area contributed by atoms with Gasteiger partial charge in [0.1, 0.15) is 11.8 Å². The van der Waals surface area contributed by atoms with E-state index in [2.05, 4.69) is 4.98 Å². The van der Waals surface area contributed by atoms with Crippen molar-refractivity contribution in [2.45, 2.75) is 6.43 Å². The van der Waals surface area contributed by atoms with Gasteiger partial charge in [-0.25, -0.2) is 13.8 Å². The first-order chi connectivity index (χ1) is 6.45. The van der Waals surface area contributed by atoms with Crippen molar-refractivity contribution in [2.75, 3.05) is 0 Å². The molecule has 0 spiro atoms. The first-order valence-electron chi connectivity index (χ1n) is 3.25. The lowest BCUT2D eigenvalue weighted by Gasteiger charge is -2.03. The molecule has 0 aliphatic heterocycles. The molecule has 0 amide bonds. The van der Waals surface area contributed by atoms with Crippen molar-refractivity contribution >= 4 is 5.69 Å². The second-order valence-corrected chi connectivity index (χ2v) is 2.25. The second kappa shape index (κ2) is 3.48. The summed E-state index contributed by atoms with van der Waals surface area (Å²) < 4.78 is 36.8. The Balaban J connectivity index is 3.45. The van der Waals surface area contributed by atoms with Gasteiger partial charge in [-0.05, 0) is 0 Å². The number of alkyl halides is 2. The van der Waals surface area contributed by atoms with Crippen LogP contribution >= 0.6 is 0 Å². The second-order valence-electron chi connectivity index (χ2n) is 2.25. The van der Waals surface area contributed by atoms with Crippen molar-refractivity contribution < 1.29 is 23.2 Å². The van der Waals surface area contributed by atoms with E-state index in [1.807, 2.05) is 0 Å². The Hall–Kier alpha value is -1.86. The fourth-order valence-corrected chi connectivity index (χ4v) is 0.842. The summed E-state index contributed by atoms with van der Waals surface area (Å²) in [6.45, 7) is 0. The van der Waals surface area contributed by atoms with Crippen molar-refractivity contribution in [3.63, 3.8) is 0 Å². The van der Waals surface area contributed by atoms with Gasteiger partial charge < -0.3 is 5.11 Å². The molecule has 0 aliphatic rings. The number of aromatic nitrogens is 1. The Morgan fingerprint density at radius 2 is 2.14 bits per heavy atom. The molecular weight excluding hydrogens is 205 g/mol. The Labute approximate surface area is 75.0 Å². The molecule has 0 radical (unpaired) electrons. The van der Waals surface area contributed by atoms with Gasteiger partial charge in [0.2, 0.25) is 0 Å². The number of rotatable bonds is 2. The summed E-state index contributed by atoms with van der Waals surface area (Å²) in [7, 11) is 0. The van der Waals surface area contributed by atoms with E-state index in [1.54, 1.807) is 0 Å². The Bertz CT molecular complexity index is 383. The summed E-state index contributed by atoms with van der Waals surface area (Å²) in [6, 6.07) is 0. The van der Waals surface area contributed by atoms with Crippen LogP contribution in [0.1, 0.15) is 12.0 Å². The minimum atomic E-state index is -3.34. The van der Waals surface area contributed by atoms with Crippen LogP contribution in [0.3, 0.4) is 0 Å². The van der Waals surface area contributed by atoms with E-state index in [4.69, 9.17) is 5.11 Å². The lowest BCUT2D eigenvalue weighted by Crippen LogP contribution is -1.99. The maximum Gasteiger partial charge on any atom is 0.300 e. The van der Waals surface area contributed by atoms with Crippen LogP contribution in [0.4, 0.5) is 18.9 Å². The molecule has 14 heavy (non-hydrogen) atoms. The zero-order valence-corrected chi connectivity index (χ0v) is 6.45. The van der Waals surface area contributed by atoms with E-state index in [9.17, 15) is 23.3 Å². The molecule has 0 saturated carbocycles. The molecule has 5 nitrogen and oxygen atoms in total. The average molecular weight is 208 g/mol. The van der Waals surface area contributed by atoms with Gasteiger partial charge in [0.25, 0.3) is 18.1 Å². The SMILES string of the molecule is O=[N+]([O-])c1cnc(F)c(O)c1C(F)F. The highest BCUT2D eigenvalue weighted by molar-refractivity contribution is 5.47. The van der Waals surface area contributed by atoms with Crippen LogP contribution in [0.5, 0.6) is 5.75 Å². The van der Waals surface area contributed by atoms with E-state index in [0.29, 0.717) is 6.20 Å². The maximum absolute atomic E-state index is 12.5. The number of nitrogens with zero attached hydrogens (tertiary/aromatic N) is 2. The molecule has 0 aromatic carbocycles. The largest absolute Gasteiger partial charge is 0.503 e. The topological polar surface area (TPSA) is 76.3 Å². The molecule has 1 rings (SSSR count). The Morgan fingerprint density at radius 1 is 1.57 bits per heavy atom. The van der Waals surface area contributed by atoms with Crippen molar-refractivity contribution in [3.05, 3.63) is 27.8 Å². The summed E-state index contributed by atoms with van der Waals surface area (Å²) in [5.41, 5.74) is -2.47. The number of halogens is 3.